The summed E-state index contributed by atoms with van der Waals surface area (Å²) in [6, 6.07) is 0. The van der Waals surface area contributed by atoms with Gasteiger partial charge in [0.15, 0.2) is 0 Å². The van der Waals surface area contributed by atoms with Crippen LogP contribution < -0.4 is 0 Å². The molecule has 4 nitrogen and oxygen atoms in total. The van der Waals surface area contributed by atoms with Crippen molar-refractivity contribution >= 4 is 11.9 Å². The molecule has 0 fully saturated rings. The fraction of sp³-hybridized carbons (Fsp3) is 0.692. The number of carboxylic acid groups (broad SMARTS) is 1. The fourth-order valence-electron chi connectivity index (χ4n) is 4.90. The molecule has 0 saturated carbocycles. The molecule has 0 saturated heterocycles. The third-order valence-electron chi connectivity index (χ3n) is 7.50. The zero-order valence-corrected chi connectivity index (χ0v) is 28.0. The Morgan fingerprint density at radius 1 is 0.535 bits per heavy atom. The Balaban J connectivity index is 3.78. The Labute approximate surface area is 265 Å². The maximum atomic E-state index is 12.4. The zero-order valence-electron chi connectivity index (χ0n) is 28.0. The Morgan fingerprint density at radius 2 is 0.977 bits per heavy atom. The van der Waals surface area contributed by atoms with Crippen LogP contribution in [0.4, 0.5) is 0 Å². The molecule has 0 aromatic heterocycles. The van der Waals surface area contributed by atoms with Gasteiger partial charge in [0.25, 0.3) is 0 Å². The topological polar surface area (TPSA) is 63.6 Å². The molecule has 1 unspecified atom stereocenters. The normalized spacial score (nSPS) is 13.0. The number of esters is 1. The molecule has 0 aliphatic heterocycles. The summed E-state index contributed by atoms with van der Waals surface area (Å²) in [6.07, 6.45) is 47.0. The van der Waals surface area contributed by atoms with Gasteiger partial charge in [-0.05, 0) is 77.0 Å². The molecule has 0 radical (unpaired) electrons. The van der Waals surface area contributed by atoms with Crippen molar-refractivity contribution in [1.29, 1.82) is 0 Å². The first-order valence-corrected chi connectivity index (χ1v) is 17.8. The summed E-state index contributed by atoms with van der Waals surface area (Å²) in [4.78, 5) is 23.0. The average Bonchev–Trinajstić information content (AvgIpc) is 2.99. The van der Waals surface area contributed by atoms with E-state index in [1.807, 2.05) is 0 Å². The number of carbonyl (C=O) groups excluding carboxylic acids is 1. The van der Waals surface area contributed by atoms with Crippen LogP contribution in [0, 0.1) is 0 Å². The highest BCUT2D eigenvalue weighted by molar-refractivity contribution is 5.69. The minimum atomic E-state index is -0.684. The number of ether oxygens (including phenoxy) is 1. The molecule has 0 bridgehead atoms. The Hall–Kier alpha value is -2.36. The number of hydrogen-bond acceptors (Lipinski definition) is 3. The molecule has 4 heteroatoms. The lowest BCUT2D eigenvalue weighted by atomic mass is 10.0. The van der Waals surface area contributed by atoms with Gasteiger partial charge in [-0.1, -0.05) is 139 Å². The van der Waals surface area contributed by atoms with E-state index in [1.54, 1.807) is 0 Å². The summed E-state index contributed by atoms with van der Waals surface area (Å²) in [5.74, 6) is -0.699. The molecule has 246 valence electrons. The minimum absolute atomic E-state index is 0.0149. The largest absolute Gasteiger partial charge is 0.481 e. The number of rotatable bonds is 31. The van der Waals surface area contributed by atoms with Crippen LogP contribution in [0.1, 0.15) is 168 Å². The lowest BCUT2D eigenvalue weighted by molar-refractivity contribution is -0.150. The van der Waals surface area contributed by atoms with Crippen molar-refractivity contribution < 1.29 is 19.4 Å². The molecular formula is C39H66O4. The molecule has 0 aliphatic rings. The first-order valence-electron chi connectivity index (χ1n) is 17.8. The second kappa shape index (κ2) is 34.1. The summed E-state index contributed by atoms with van der Waals surface area (Å²) >= 11 is 0. The lowest BCUT2D eigenvalue weighted by Crippen LogP contribution is -2.18. The van der Waals surface area contributed by atoms with Crippen LogP contribution in [-0.2, 0) is 14.3 Å². The van der Waals surface area contributed by atoms with Gasteiger partial charge < -0.3 is 9.84 Å². The summed E-state index contributed by atoms with van der Waals surface area (Å²) < 4.78 is 5.88. The third-order valence-corrected chi connectivity index (χ3v) is 7.50. The summed E-state index contributed by atoms with van der Waals surface area (Å²) in [5.41, 5.74) is 0. The second-order valence-electron chi connectivity index (χ2n) is 11.7. The first kappa shape index (κ1) is 40.6. The average molecular weight is 599 g/mol. The standard InChI is InChI=1S/C39H66O4/c1-3-5-7-8-9-10-11-12-13-14-15-16-17-18-19-23-26-29-32-36-39(42)43-37(33-6-4-2)34-30-27-24-21-20-22-25-28-31-35-38(40)41/h5,7,9-10,12-13,15-16,18-19,37H,3-4,6,8,11,14,17,20-36H2,1-2H3,(H,40,41)/b7-5-,10-9-,13-12-,16-15-,19-18-. The van der Waals surface area contributed by atoms with E-state index in [9.17, 15) is 9.59 Å². The summed E-state index contributed by atoms with van der Waals surface area (Å²) in [6.45, 7) is 4.35. The molecule has 0 spiro atoms. The van der Waals surface area contributed by atoms with Crippen LogP contribution in [-0.4, -0.2) is 23.1 Å². The van der Waals surface area contributed by atoms with Crippen molar-refractivity contribution in [2.24, 2.45) is 0 Å². The lowest BCUT2D eigenvalue weighted by Gasteiger charge is -2.18. The Bertz CT molecular complexity index is 774. The molecule has 0 aliphatic carbocycles. The van der Waals surface area contributed by atoms with E-state index >= 15 is 0 Å². The number of unbranched alkanes of at least 4 members (excludes halogenated alkanes) is 12. The smallest absolute Gasteiger partial charge is 0.306 e. The van der Waals surface area contributed by atoms with Crippen molar-refractivity contribution in [3.8, 4) is 0 Å². The highest BCUT2D eigenvalue weighted by Crippen LogP contribution is 2.17. The van der Waals surface area contributed by atoms with Crippen molar-refractivity contribution in [2.75, 3.05) is 0 Å². The highest BCUT2D eigenvalue weighted by Gasteiger charge is 2.13. The first-order chi connectivity index (χ1) is 21.1. The van der Waals surface area contributed by atoms with Gasteiger partial charge in [0.1, 0.15) is 6.10 Å². The Kier molecular flexibility index (Phi) is 32.3. The molecular weight excluding hydrogens is 532 g/mol. The van der Waals surface area contributed by atoms with Crippen LogP contribution in [0.3, 0.4) is 0 Å². The van der Waals surface area contributed by atoms with Gasteiger partial charge in [-0.3, -0.25) is 9.59 Å². The monoisotopic (exact) mass is 598 g/mol. The van der Waals surface area contributed by atoms with E-state index < -0.39 is 5.97 Å². The van der Waals surface area contributed by atoms with E-state index in [-0.39, 0.29) is 12.1 Å². The van der Waals surface area contributed by atoms with Crippen molar-refractivity contribution in [2.45, 2.75) is 174 Å². The number of hydrogen-bond donors (Lipinski definition) is 1. The van der Waals surface area contributed by atoms with E-state index in [0.29, 0.717) is 12.8 Å². The molecule has 0 heterocycles. The number of aliphatic carboxylic acids is 1. The van der Waals surface area contributed by atoms with E-state index in [2.05, 4.69) is 74.6 Å². The molecule has 0 amide bonds. The van der Waals surface area contributed by atoms with Gasteiger partial charge in [0.2, 0.25) is 0 Å². The maximum Gasteiger partial charge on any atom is 0.306 e. The number of allylic oxidation sites excluding steroid dienone is 10. The highest BCUT2D eigenvalue weighted by atomic mass is 16.5. The number of carboxylic acids is 1. The van der Waals surface area contributed by atoms with Crippen LogP contribution in [0.15, 0.2) is 60.8 Å². The summed E-state index contributed by atoms with van der Waals surface area (Å²) in [7, 11) is 0. The molecule has 0 aromatic carbocycles. The van der Waals surface area contributed by atoms with Gasteiger partial charge in [0, 0.05) is 12.8 Å². The van der Waals surface area contributed by atoms with E-state index in [1.165, 1.54) is 32.1 Å². The van der Waals surface area contributed by atoms with Gasteiger partial charge in [0.05, 0.1) is 0 Å². The minimum Gasteiger partial charge on any atom is -0.481 e. The Morgan fingerprint density at radius 3 is 1.51 bits per heavy atom. The van der Waals surface area contributed by atoms with Crippen LogP contribution in [0.25, 0.3) is 0 Å². The van der Waals surface area contributed by atoms with Crippen molar-refractivity contribution in [3.05, 3.63) is 60.8 Å². The summed E-state index contributed by atoms with van der Waals surface area (Å²) in [5, 5.41) is 8.68. The molecule has 0 rings (SSSR count). The van der Waals surface area contributed by atoms with Crippen LogP contribution in [0.5, 0.6) is 0 Å². The maximum absolute atomic E-state index is 12.4. The van der Waals surface area contributed by atoms with Gasteiger partial charge in [-0.15, -0.1) is 0 Å². The zero-order chi connectivity index (χ0) is 31.5. The predicted octanol–water partition coefficient (Wildman–Crippen LogP) is 12.2. The van der Waals surface area contributed by atoms with Crippen LogP contribution in [0.2, 0.25) is 0 Å². The van der Waals surface area contributed by atoms with Crippen LogP contribution >= 0.6 is 0 Å². The molecule has 0 aromatic rings. The van der Waals surface area contributed by atoms with Crippen molar-refractivity contribution in [1.82, 2.24) is 0 Å². The SMILES string of the molecule is CC/C=C\C/C=C\C/C=C\C/C=C\C/C=C\CCCCCC(=O)OC(CCCC)CCCCCCCCCCCC(=O)O. The molecule has 43 heavy (non-hydrogen) atoms. The quantitative estimate of drug-likeness (QED) is 0.0490. The number of carbonyl (C=O) groups is 2. The molecule has 1 atom stereocenters. The third kappa shape index (κ3) is 34.0. The fourth-order valence-corrected chi connectivity index (χ4v) is 4.90. The van der Waals surface area contributed by atoms with E-state index in [0.717, 1.165) is 109 Å². The molecule has 1 N–H and O–H groups in total. The second-order valence-corrected chi connectivity index (χ2v) is 11.7. The van der Waals surface area contributed by atoms with Crippen molar-refractivity contribution in [3.63, 3.8) is 0 Å². The predicted molar refractivity (Wildman–Crippen MR) is 185 cm³/mol. The van der Waals surface area contributed by atoms with Gasteiger partial charge >= 0.3 is 11.9 Å². The van der Waals surface area contributed by atoms with E-state index in [4.69, 9.17) is 9.84 Å². The van der Waals surface area contributed by atoms with Gasteiger partial charge in [-0.25, -0.2) is 0 Å². The van der Waals surface area contributed by atoms with Gasteiger partial charge in [-0.2, -0.15) is 0 Å².